The third-order valence-electron chi connectivity index (χ3n) is 3.89. The first-order chi connectivity index (χ1) is 8.81. The highest BCUT2D eigenvalue weighted by Gasteiger charge is 2.11. The first kappa shape index (κ1) is 13.4. The van der Waals surface area contributed by atoms with Gasteiger partial charge >= 0.3 is 0 Å². The Balaban J connectivity index is 2.10. The normalized spacial score (nSPS) is 17.3. The second-order valence-corrected chi connectivity index (χ2v) is 5.41. The molecule has 2 heteroatoms. The molecule has 1 aliphatic rings. The molecule has 0 spiro atoms. The van der Waals surface area contributed by atoms with Gasteiger partial charge in [-0.25, -0.2) is 0 Å². The van der Waals surface area contributed by atoms with Gasteiger partial charge in [0.25, 0.3) is 0 Å². The fourth-order valence-electron chi connectivity index (χ4n) is 2.88. The van der Waals surface area contributed by atoms with Crippen molar-refractivity contribution in [3.8, 4) is 0 Å². The lowest BCUT2D eigenvalue weighted by molar-refractivity contribution is 0.556. The lowest BCUT2D eigenvalue weighted by Crippen LogP contribution is -2.27. The zero-order valence-corrected chi connectivity index (χ0v) is 11.6. The fraction of sp³-hybridized carbons (Fsp3) is 0.625. The van der Waals surface area contributed by atoms with Crippen LogP contribution in [-0.4, -0.2) is 19.6 Å². The third-order valence-corrected chi connectivity index (χ3v) is 3.89. The van der Waals surface area contributed by atoms with Crippen LogP contribution in [0.1, 0.15) is 43.2 Å². The lowest BCUT2D eigenvalue weighted by Gasteiger charge is -2.28. The molecule has 18 heavy (non-hydrogen) atoms. The van der Waals surface area contributed by atoms with E-state index in [1.54, 1.807) is 0 Å². The van der Waals surface area contributed by atoms with Crippen molar-refractivity contribution in [1.82, 2.24) is 0 Å². The molecular weight excluding hydrogens is 220 g/mol. The van der Waals surface area contributed by atoms with Crippen molar-refractivity contribution >= 4 is 5.69 Å². The maximum Gasteiger partial charge on any atom is 0.0396 e. The topological polar surface area (TPSA) is 29.3 Å². The molecule has 2 N–H and O–H groups in total. The quantitative estimate of drug-likeness (QED) is 0.887. The number of nitrogens with zero attached hydrogens (tertiary/aromatic N) is 1. The molecule has 1 aromatic rings. The van der Waals surface area contributed by atoms with Gasteiger partial charge in [0, 0.05) is 18.8 Å². The summed E-state index contributed by atoms with van der Waals surface area (Å²) in [7, 11) is 0. The van der Waals surface area contributed by atoms with E-state index in [1.165, 1.54) is 62.0 Å². The Bertz CT molecular complexity index is 365. The summed E-state index contributed by atoms with van der Waals surface area (Å²) >= 11 is 0. The van der Waals surface area contributed by atoms with Crippen LogP contribution < -0.4 is 10.6 Å². The van der Waals surface area contributed by atoms with Crippen molar-refractivity contribution < 1.29 is 0 Å². The summed E-state index contributed by atoms with van der Waals surface area (Å²) < 4.78 is 0. The molecule has 1 heterocycles. The predicted octanol–water partition coefficient (Wildman–Crippen LogP) is 3.27. The Morgan fingerprint density at radius 3 is 2.33 bits per heavy atom. The second kappa shape index (κ2) is 6.79. The predicted molar refractivity (Wildman–Crippen MR) is 79.2 cm³/mol. The summed E-state index contributed by atoms with van der Waals surface area (Å²) in [5, 5.41) is 0. The molecule has 0 amide bonds. The lowest BCUT2D eigenvalue weighted by atomic mass is 10.0. The van der Waals surface area contributed by atoms with E-state index in [9.17, 15) is 0 Å². The zero-order valence-electron chi connectivity index (χ0n) is 11.6. The van der Waals surface area contributed by atoms with Crippen LogP contribution in [0.4, 0.5) is 5.69 Å². The minimum absolute atomic E-state index is 0.739. The van der Waals surface area contributed by atoms with Gasteiger partial charge in [-0.1, -0.05) is 31.4 Å². The molecule has 0 bridgehead atoms. The molecule has 1 aromatic carbocycles. The van der Waals surface area contributed by atoms with E-state index in [0.717, 1.165) is 13.0 Å². The van der Waals surface area contributed by atoms with Gasteiger partial charge in [-0.05, 0) is 49.9 Å². The summed E-state index contributed by atoms with van der Waals surface area (Å²) in [6, 6.07) is 6.84. The standard InChI is InChI=1S/C16H26N2/c1-14-13-15(9-10-17)7-8-16(14)18-11-5-3-2-4-6-12-18/h7-8,13H,2-6,9-12,17H2,1H3. The van der Waals surface area contributed by atoms with Crippen molar-refractivity contribution in [1.29, 1.82) is 0 Å². The summed E-state index contributed by atoms with van der Waals surface area (Å²) in [5.41, 5.74) is 9.82. The molecule has 2 nitrogen and oxygen atoms in total. The first-order valence-corrected chi connectivity index (χ1v) is 7.36. The Morgan fingerprint density at radius 1 is 1.06 bits per heavy atom. The molecular formula is C16H26N2. The molecule has 100 valence electrons. The second-order valence-electron chi connectivity index (χ2n) is 5.41. The molecule has 0 aromatic heterocycles. The van der Waals surface area contributed by atoms with Gasteiger partial charge in [0.05, 0.1) is 0 Å². The summed E-state index contributed by atoms with van der Waals surface area (Å²) in [6.45, 7) is 5.41. The van der Waals surface area contributed by atoms with E-state index >= 15 is 0 Å². The highest BCUT2D eigenvalue weighted by molar-refractivity contribution is 5.54. The molecule has 0 saturated carbocycles. The average molecular weight is 246 g/mol. The Morgan fingerprint density at radius 2 is 1.72 bits per heavy atom. The van der Waals surface area contributed by atoms with Crippen LogP contribution in [-0.2, 0) is 6.42 Å². The van der Waals surface area contributed by atoms with E-state index < -0.39 is 0 Å². The van der Waals surface area contributed by atoms with E-state index in [-0.39, 0.29) is 0 Å². The van der Waals surface area contributed by atoms with Gasteiger partial charge < -0.3 is 10.6 Å². The maximum absolute atomic E-state index is 5.62. The van der Waals surface area contributed by atoms with Gasteiger partial charge in [-0.2, -0.15) is 0 Å². The van der Waals surface area contributed by atoms with E-state index in [0.29, 0.717) is 0 Å². The largest absolute Gasteiger partial charge is 0.371 e. The van der Waals surface area contributed by atoms with Crippen molar-refractivity contribution in [2.75, 3.05) is 24.5 Å². The summed E-state index contributed by atoms with van der Waals surface area (Å²) in [4.78, 5) is 2.57. The SMILES string of the molecule is Cc1cc(CCN)ccc1N1CCCCCCC1. The van der Waals surface area contributed by atoms with Crippen LogP contribution in [0.3, 0.4) is 0 Å². The average Bonchev–Trinajstić information content (AvgIpc) is 2.30. The number of rotatable bonds is 3. The van der Waals surface area contributed by atoms with E-state index in [2.05, 4.69) is 30.0 Å². The highest BCUT2D eigenvalue weighted by atomic mass is 15.1. The number of aryl methyl sites for hydroxylation is 1. The van der Waals surface area contributed by atoms with Crippen molar-refractivity contribution in [2.24, 2.45) is 5.73 Å². The molecule has 2 rings (SSSR count). The van der Waals surface area contributed by atoms with Crippen LogP contribution >= 0.6 is 0 Å². The number of nitrogens with two attached hydrogens (primary N) is 1. The highest BCUT2D eigenvalue weighted by Crippen LogP contribution is 2.24. The Kier molecular flexibility index (Phi) is 5.06. The summed E-state index contributed by atoms with van der Waals surface area (Å²) in [6.07, 6.45) is 7.86. The fourth-order valence-corrected chi connectivity index (χ4v) is 2.88. The number of hydrogen-bond acceptors (Lipinski definition) is 2. The number of hydrogen-bond donors (Lipinski definition) is 1. The van der Waals surface area contributed by atoms with Gasteiger partial charge in [0.1, 0.15) is 0 Å². The molecule has 1 fully saturated rings. The summed E-state index contributed by atoms with van der Waals surface area (Å²) in [5.74, 6) is 0. The minimum Gasteiger partial charge on any atom is -0.371 e. The van der Waals surface area contributed by atoms with Gasteiger partial charge in [-0.3, -0.25) is 0 Å². The van der Waals surface area contributed by atoms with E-state index in [1.807, 2.05) is 0 Å². The minimum atomic E-state index is 0.739. The third kappa shape index (κ3) is 3.49. The van der Waals surface area contributed by atoms with Crippen molar-refractivity contribution in [3.05, 3.63) is 29.3 Å². The van der Waals surface area contributed by atoms with Gasteiger partial charge in [0.15, 0.2) is 0 Å². The smallest absolute Gasteiger partial charge is 0.0396 e. The van der Waals surface area contributed by atoms with Gasteiger partial charge in [-0.15, -0.1) is 0 Å². The van der Waals surface area contributed by atoms with Crippen molar-refractivity contribution in [2.45, 2.75) is 45.4 Å². The number of anilines is 1. The van der Waals surface area contributed by atoms with Crippen LogP contribution in [0.2, 0.25) is 0 Å². The van der Waals surface area contributed by atoms with Crippen molar-refractivity contribution in [3.63, 3.8) is 0 Å². The Hall–Kier alpha value is -1.02. The van der Waals surface area contributed by atoms with Gasteiger partial charge in [0.2, 0.25) is 0 Å². The molecule has 0 atom stereocenters. The van der Waals surface area contributed by atoms with Crippen LogP contribution in [0.15, 0.2) is 18.2 Å². The van der Waals surface area contributed by atoms with Crippen LogP contribution in [0.5, 0.6) is 0 Å². The van der Waals surface area contributed by atoms with E-state index in [4.69, 9.17) is 5.73 Å². The maximum atomic E-state index is 5.62. The van der Waals surface area contributed by atoms with Crippen LogP contribution in [0.25, 0.3) is 0 Å². The monoisotopic (exact) mass is 246 g/mol. The number of benzene rings is 1. The Labute approximate surface area is 111 Å². The molecule has 1 saturated heterocycles. The molecule has 1 aliphatic heterocycles. The molecule has 0 radical (unpaired) electrons. The zero-order chi connectivity index (χ0) is 12.8. The molecule has 0 aliphatic carbocycles. The first-order valence-electron chi connectivity index (χ1n) is 7.36. The molecule has 0 unspecified atom stereocenters. The van der Waals surface area contributed by atoms with Crippen LogP contribution in [0, 0.1) is 6.92 Å².